The molecule has 0 radical (unpaired) electrons. The summed E-state index contributed by atoms with van der Waals surface area (Å²) in [5.74, 6) is 2.91. The average molecular weight is 335 g/mol. The van der Waals surface area contributed by atoms with Gasteiger partial charge in [0.25, 0.3) is 0 Å². The van der Waals surface area contributed by atoms with Crippen LogP contribution in [0.3, 0.4) is 0 Å². The first kappa shape index (κ1) is 18.4. The van der Waals surface area contributed by atoms with E-state index >= 15 is 0 Å². The number of carbonyl (C=O) groups is 1. The second-order valence-corrected chi connectivity index (χ2v) is 9.26. The molecule has 1 saturated heterocycles. The van der Waals surface area contributed by atoms with Crippen molar-refractivity contribution in [3.63, 3.8) is 0 Å². The molecule has 1 aliphatic heterocycles. The number of ketones is 1. The van der Waals surface area contributed by atoms with Crippen molar-refractivity contribution in [2.75, 3.05) is 26.2 Å². The maximum atomic E-state index is 12.2. The number of piperazine rings is 1. The summed E-state index contributed by atoms with van der Waals surface area (Å²) < 4.78 is 0. The van der Waals surface area contributed by atoms with Gasteiger partial charge in [-0.05, 0) is 50.4 Å². The SMILES string of the molecule is CC(C)C(=O)C1CCC(N2CCN(C3CC(C(C)C)C3)CC2)CC1. The lowest BCUT2D eigenvalue weighted by Crippen LogP contribution is -2.56. The minimum absolute atomic E-state index is 0.215. The average Bonchev–Trinajstić information content (AvgIpc) is 2.53. The number of hydrogen-bond donors (Lipinski definition) is 0. The summed E-state index contributed by atoms with van der Waals surface area (Å²) in [6, 6.07) is 1.62. The van der Waals surface area contributed by atoms with E-state index in [0.717, 1.165) is 36.8 Å². The van der Waals surface area contributed by atoms with E-state index in [1.807, 2.05) is 0 Å². The third-order valence-corrected chi connectivity index (χ3v) is 7.14. The van der Waals surface area contributed by atoms with Crippen LogP contribution in [0.1, 0.15) is 66.2 Å². The van der Waals surface area contributed by atoms with Crippen LogP contribution in [0.25, 0.3) is 0 Å². The van der Waals surface area contributed by atoms with Gasteiger partial charge in [0.05, 0.1) is 0 Å². The highest BCUT2D eigenvalue weighted by Crippen LogP contribution is 2.37. The van der Waals surface area contributed by atoms with E-state index in [9.17, 15) is 4.79 Å². The molecule has 2 saturated carbocycles. The van der Waals surface area contributed by atoms with Crippen molar-refractivity contribution in [2.24, 2.45) is 23.7 Å². The van der Waals surface area contributed by atoms with Gasteiger partial charge in [-0.2, -0.15) is 0 Å². The van der Waals surface area contributed by atoms with Gasteiger partial charge in [-0.3, -0.25) is 14.6 Å². The Kier molecular flexibility index (Phi) is 6.02. The van der Waals surface area contributed by atoms with E-state index in [4.69, 9.17) is 0 Å². The molecule has 1 heterocycles. The van der Waals surface area contributed by atoms with Crippen LogP contribution in [-0.4, -0.2) is 53.8 Å². The molecule has 0 N–H and O–H groups in total. The Labute approximate surface area is 149 Å². The number of rotatable bonds is 5. The van der Waals surface area contributed by atoms with Gasteiger partial charge in [-0.15, -0.1) is 0 Å². The van der Waals surface area contributed by atoms with Gasteiger partial charge in [0, 0.05) is 50.1 Å². The predicted molar refractivity (Wildman–Crippen MR) is 100 cm³/mol. The Morgan fingerprint density at radius 2 is 1.29 bits per heavy atom. The molecule has 0 amide bonds. The van der Waals surface area contributed by atoms with Gasteiger partial charge in [0.15, 0.2) is 0 Å². The van der Waals surface area contributed by atoms with Crippen molar-refractivity contribution >= 4 is 5.78 Å². The Morgan fingerprint density at radius 1 is 0.792 bits per heavy atom. The minimum Gasteiger partial charge on any atom is -0.299 e. The minimum atomic E-state index is 0.215. The van der Waals surface area contributed by atoms with Crippen molar-refractivity contribution in [3.05, 3.63) is 0 Å². The van der Waals surface area contributed by atoms with Crippen molar-refractivity contribution in [1.82, 2.24) is 9.80 Å². The van der Waals surface area contributed by atoms with E-state index in [1.54, 1.807) is 0 Å². The summed E-state index contributed by atoms with van der Waals surface area (Å²) in [5.41, 5.74) is 0. The van der Waals surface area contributed by atoms with Crippen molar-refractivity contribution in [2.45, 2.75) is 78.3 Å². The lowest BCUT2D eigenvalue weighted by Gasteiger charge is -2.49. The molecule has 3 fully saturated rings. The lowest BCUT2D eigenvalue weighted by atomic mass is 9.73. The molecule has 2 aliphatic carbocycles. The van der Waals surface area contributed by atoms with Gasteiger partial charge < -0.3 is 0 Å². The lowest BCUT2D eigenvalue weighted by molar-refractivity contribution is -0.127. The Bertz CT molecular complexity index is 412. The van der Waals surface area contributed by atoms with Crippen LogP contribution < -0.4 is 0 Å². The fourth-order valence-corrected chi connectivity index (χ4v) is 5.14. The quantitative estimate of drug-likeness (QED) is 0.763. The second kappa shape index (κ2) is 7.86. The second-order valence-electron chi connectivity index (χ2n) is 9.26. The van der Waals surface area contributed by atoms with Gasteiger partial charge in [0.2, 0.25) is 0 Å². The molecule has 0 atom stereocenters. The normalized spacial score (nSPS) is 36.1. The smallest absolute Gasteiger partial charge is 0.138 e. The molecule has 3 rings (SSSR count). The topological polar surface area (TPSA) is 23.6 Å². The molecule has 0 bridgehead atoms. The zero-order chi connectivity index (χ0) is 17.3. The fraction of sp³-hybridized carbons (Fsp3) is 0.952. The van der Waals surface area contributed by atoms with E-state index in [-0.39, 0.29) is 5.92 Å². The zero-order valence-corrected chi connectivity index (χ0v) is 16.3. The van der Waals surface area contributed by atoms with Crippen molar-refractivity contribution in [1.29, 1.82) is 0 Å². The number of nitrogens with zero attached hydrogens (tertiary/aromatic N) is 2. The van der Waals surface area contributed by atoms with E-state index < -0.39 is 0 Å². The van der Waals surface area contributed by atoms with E-state index in [0.29, 0.717) is 11.7 Å². The monoisotopic (exact) mass is 334 g/mol. The molecular formula is C21H38N2O. The molecule has 24 heavy (non-hydrogen) atoms. The Balaban J connectivity index is 1.38. The molecule has 0 unspecified atom stereocenters. The van der Waals surface area contributed by atoms with Crippen LogP contribution in [0, 0.1) is 23.7 Å². The highest BCUT2D eigenvalue weighted by molar-refractivity contribution is 5.82. The first-order valence-electron chi connectivity index (χ1n) is 10.5. The zero-order valence-electron chi connectivity index (χ0n) is 16.3. The highest BCUT2D eigenvalue weighted by atomic mass is 16.1. The predicted octanol–water partition coefficient (Wildman–Crippen LogP) is 3.82. The molecule has 3 aliphatic rings. The molecule has 3 heteroatoms. The Hall–Kier alpha value is -0.410. The fourth-order valence-electron chi connectivity index (χ4n) is 5.14. The molecular weight excluding hydrogens is 296 g/mol. The summed E-state index contributed by atoms with van der Waals surface area (Å²) >= 11 is 0. The summed E-state index contributed by atoms with van der Waals surface area (Å²) in [5, 5.41) is 0. The molecule has 138 valence electrons. The van der Waals surface area contributed by atoms with Crippen LogP contribution >= 0.6 is 0 Å². The first-order valence-corrected chi connectivity index (χ1v) is 10.5. The number of Topliss-reactive ketones (excluding diaryl/α,β-unsaturated/α-hetero) is 1. The van der Waals surface area contributed by atoms with Crippen LogP contribution in [0.2, 0.25) is 0 Å². The third-order valence-electron chi connectivity index (χ3n) is 7.14. The summed E-state index contributed by atoms with van der Waals surface area (Å²) in [6.45, 7) is 13.9. The van der Waals surface area contributed by atoms with Crippen LogP contribution in [0.5, 0.6) is 0 Å². The van der Waals surface area contributed by atoms with Gasteiger partial charge in [-0.1, -0.05) is 27.7 Å². The Morgan fingerprint density at radius 3 is 1.75 bits per heavy atom. The molecule has 3 nitrogen and oxygen atoms in total. The molecule has 0 aromatic heterocycles. The summed E-state index contributed by atoms with van der Waals surface area (Å²) in [6.07, 6.45) is 7.59. The molecule has 0 aromatic rings. The largest absolute Gasteiger partial charge is 0.299 e. The van der Waals surface area contributed by atoms with Gasteiger partial charge in [-0.25, -0.2) is 0 Å². The summed E-state index contributed by atoms with van der Waals surface area (Å²) in [7, 11) is 0. The summed E-state index contributed by atoms with van der Waals surface area (Å²) in [4.78, 5) is 17.7. The highest BCUT2D eigenvalue weighted by Gasteiger charge is 2.37. The number of hydrogen-bond acceptors (Lipinski definition) is 3. The maximum absolute atomic E-state index is 12.2. The number of carbonyl (C=O) groups excluding carboxylic acids is 1. The molecule has 0 aromatic carbocycles. The van der Waals surface area contributed by atoms with Gasteiger partial charge in [0.1, 0.15) is 5.78 Å². The van der Waals surface area contributed by atoms with E-state index in [2.05, 4.69) is 37.5 Å². The van der Waals surface area contributed by atoms with Crippen LogP contribution in [0.15, 0.2) is 0 Å². The maximum Gasteiger partial charge on any atom is 0.138 e. The van der Waals surface area contributed by atoms with E-state index in [1.165, 1.54) is 51.9 Å². The van der Waals surface area contributed by atoms with Crippen molar-refractivity contribution in [3.8, 4) is 0 Å². The molecule has 0 spiro atoms. The van der Waals surface area contributed by atoms with Crippen LogP contribution in [0.4, 0.5) is 0 Å². The van der Waals surface area contributed by atoms with Crippen LogP contribution in [-0.2, 0) is 4.79 Å². The van der Waals surface area contributed by atoms with Gasteiger partial charge >= 0.3 is 0 Å². The third kappa shape index (κ3) is 4.04. The van der Waals surface area contributed by atoms with Crippen molar-refractivity contribution < 1.29 is 4.79 Å². The standard InChI is InChI=1S/C21H38N2O/c1-15(2)18-13-20(14-18)23-11-9-22(10-12-23)19-7-5-17(6-8-19)21(24)16(3)4/h15-20H,5-14H2,1-4H3. The first-order chi connectivity index (χ1) is 11.5.